The molecule has 1 aromatic rings. The quantitative estimate of drug-likeness (QED) is 0.788. The van der Waals surface area contributed by atoms with Gasteiger partial charge in [-0.05, 0) is 31.0 Å². The summed E-state index contributed by atoms with van der Waals surface area (Å²) in [5.41, 5.74) is 2.58. The first-order valence-electron chi connectivity index (χ1n) is 5.78. The number of ether oxygens (including phenoxy) is 1. The Morgan fingerprint density at radius 1 is 1.50 bits per heavy atom. The van der Waals surface area contributed by atoms with E-state index in [0.29, 0.717) is 13.0 Å². The summed E-state index contributed by atoms with van der Waals surface area (Å²) in [7, 11) is 0. The third kappa shape index (κ3) is 2.42. The second-order valence-electron chi connectivity index (χ2n) is 3.96. The molecule has 1 unspecified atom stereocenters. The van der Waals surface area contributed by atoms with E-state index >= 15 is 0 Å². The number of carbonyl (C=O) groups is 1. The maximum absolute atomic E-state index is 11.5. The molecule has 0 saturated carbocycles. The van der Waals surface area contributed by atoms with Crippen molar-refractivity contribution in [1.82, 2.24) is 5.32 Å². The minimum absolute atomic E-state index is 0.115. The number of hydrogen-bond acceptors (Lipinski definition) is 3. The number of carbonyl (C=O) groups excluding carboxylic acids is 1. The molecule has 3 nitrogen and oxygen atoms in total. The van der Waals surface area contributed by atoms with Crippen LogP contribution in [0, 0.1) is 0 Å². The van der Waals surface area contributed by atoms with Crippen LogP contribution < -0.4 is 5.32 Å². The molecule has 2 rings (SSSR count). The largest absolute Gasteiger partial charge is 0.466 e. The lowest BCUT2D eigenvalue weighted by Crippen LogP contribution is -2.31. The van der Waals surface area contributed by atoms with Gasteiger partial charge in [0.05, 0.1) is 13.0 Å². The zero-order valence-corrected chi connectivity index (χ0v) is 9.53. The van der Waals surface area contributed by atoms with Crippen molar-refractivity contribution in [2.24, 2.45) is 0 Å². The van der Waals surface area contributed by atoms with Crippen LogP contribution in [0.3, 0.4) is 0 Å². The highest BCUT2D eigenvalue weighted by atomic mass is 16.5. The summed E-state index contributed by atoms with van der Waals surface area (Å²) in [5.74, 6) is -0.128. The van der Waals surface area contributed by atoms with Gasteiger partial charge in [0.2, 0.25) is 0 Å². The number of nitrogens with one attached hydrogen (secondary N) is 1. The number of rotatable bonds is 3. The van der Waals surface area contributed by atoms with E-state index in [1.54, 1.807) is 0 Å². The number of hydrogen-bond donors (Lipinski definition) is 1. The van der Waals surface area contributed by atoms with Crippen molar-refractivity contribution < 1.29 is 9.53 Å². The predicted molar refractivity (Wildman–Crippen MR) is 62.1 cm³/mol. The number of benzene rings is 1. The molecule has 0 aliphatic carbocycles. The second kappa shape index (κ2) is 5.12. The monoisotopic (exact) mass is 219 g/mol. The summed E-state index contributed by atoms with van der Waals surface area (Å²) in [6.45, 7) is 3.22. The molecule has 0 bridgehead atoms. The summed E-state index contributed by atoms with van der Waals surface area (Å²) >= 11 is 0. The van der Waals surface area contributed by atoms with Crippen LogP contribution in [-0.4, -0.2) is 19.1 Å². The van der Waals surface area contributed by atoms with E-state index < -0.39 is 0 Å². The molecular weight excluding hydrogens is 202 g/mol. The van der Waals surface area contributed by atoms with Gasteiger partial charge in [0.1, 0.15) is 0 Å². The van der Waals surface area contributed by atoms with Gasteiger partial charge in [0, 0.05) is 6.04 Å². The lowest BCUT2D eigenvalue weighted by molar-refractivity contribution is -0.143. The molecule has 16 heavy (non-hydrogen) atoms. The Hall–Kier alpha value is -1.35. The summed E-state index contributed by atoms with van der Waals surface area (Å²) in [6.07, 6.45) is 1.46. The third-order valence-corrected chi connectivity index (χ3v) is 2.89. The van der Waals surface area contributed by atoms with Crippen LogP contribution in [0.2, 0.25) is 0 Å². The fourth-order valence-electron chi connectivity index (χ4n) is 2.16. The first kappa shape index (κ1) is 11.1. The molecular formula is C13H17NO2. The van der Waals surface area contributed by atoms with Crippen molar-refractivity contribution in [3.63, 3.8) is 0 Å². The average Bonchev–Trinajstić information content (AvgIpc) is 2.30. The van der Waals surface area contributed by atoms with Crippen molar-refractivity contribution in [2.75, 3.05) is 13.2 Å². The predicted octanol–water partition coefficient (Wildman–Crippen LogP) is 1.83. The minimum Gasteiger partial charge on any atom is -0.466 e. The Bertz CT molecular complexity index is 376. The van der Waals surface area contributed by atoms with Gasteiger partial charge >= 0.3 is 5.97 Å². The maximum Gasteiger partial charge on any atom is 0.307 e. The summed E-state index contributed by atoms with van der Waals surface area (Å²) in [4.78, 5) is 11.5. The summed E-state index contributed by atoms with van der Waals surface area (Å²) in [6, 6.07) is 8.40. The van der Waals surface area contributed by atoms with Crippen LogP contribution in [0.25, 0.3) is 0 Å². The molecule has 1 atom stereocenters. The topological polar surface area (TPSA) is 38.3 Å². The van der Waals surface area contributed by atoms with Gasteiger partial charge in [-0.3, -0.25) is 4.79 Å². The van der Waals surface area contributed by atoms with Gasteiger partial charge < -0.3 is 10.1 Å². The van der Waals surface area contributed by atoms with E-state index in [9.17, 15) is 4.79 Å². The van der Waals surface area contributed by atoms with Gasteiger partial charge in [-0.15, -0.1) is 0 Å². The first-order chi connectivity index (χ1) is 7.81. The average molecular weight is 219 g/mol. The molecule has 1 N–H and O–H groups in total. The van der Waals surface area contributed by atoms with Crippen LogP contribution in [0.4, 0.5) is 0 Å². The molecule has 1 aromatic carbocycles. The highest BCUT2D eigenvalue weighted by molar-refractivity contribution is 5.70. The summed E-state index contributed by atoms with van der Waals surface area (Å²) in [5, 5.41) is 3.36. The molecule has 0 saturated heterocycles. The SMILES string of the molecule is CCOC(=O)CC1NCCc2ccccc21. The van der Waals surface area contributed by atoms with Gasteiger partial charge in [-0.2, -0.15) is 0 Å². The minimum atomic E-state index is -0.128. The highest BCUT2D eigenvalue weighted by Gasteiger charge is 2.21. The van der Waals surface area contributed by atoms with Crippen LogP contribution in [0.5, 0.6) is 0 Å². The zero-order chi connectivity index (χ0) is 11.4. The van der Waals surface area contributed by atoms with Gasteiger partial charge in [-0.25, -0.2) is 0 Å². The Kier molecular flexibility index (Phi) is 3.57. The molecule has 1 aliphatic heterocycles. The Morgan fingerprint density at radius 2 is 2.31 bits per heavy atom. The van der Waals surface area contributed by atoms with Crippen molar-refractivity contribution in [3.8, 4) is 0 Å². The van der Waals surface area contributed by atoms with E-state index in [4.69, 9.17) is 4.74 Å². The van der Waals surface area contributed by atoms with Gasteiger partial charge in [-0.1, -0.05) is 24.3 Å². The molecule has 1 aliphatic rings. The standard InChI is InChI=1S/C13H17NO2/c1-2-16-13(15)9-12-11-6-4-3-5-10(11)7-8-14-12/h3-6,12,14H,2,7-9H2,1H3. The van der Waals surface area contributed by atoms with Crippen LogP contribution in [-0.2, 0) is 16.0 Å². The number of fused-ring (bicyclic) bond motifs is 1. The Labute approximate surface area is 95.8 Å². The highest BCUT2D eigenvalue weighted by Crippen LogP contribution is 2.25. The molecule has 3 heteroatoms. The van der Waals surface area contributed by atoms with Crippen molar-refractivity contribution >= 4 is 5.97 Å². The lowest BCUT2D eigenvalue weighted by Gasteiger charge is -2.26. The normalized spacial score (nSPS) is 18.9. The van der Waals surface area contributed by atoms with Crippen LogP contribution >= 0.6 is 0 Å². The molecule has 0 amide bonds. The molecule has 0 spiro atoms. The van der Waals surface area contributed by atoms with Crippen LogP contribution in [0.15, 0.2) is 24.3 Å². The van der Waals surface area contributed by atoms with Gasteiger partial charge in [0.25, 0.3) is 0 Å². The second-order valence-corrected chi connectivity index (χ2v) is 3.96. The Morgan fingerprint density at radius 3 is 3.12 bits per heavy atom. The van der Waals surface area contributed by atoms with Crippen LogP contribution in [0.1, 0.15) is 30.5 Å². The van der Waals surface area contributed by atoms with E-state index in [2.05, 4.69) is 17.4 Å². The Balaban J connectivity index is 2.10. The van der Waals surface area contributed by atoms with Gasteiger partial charge in [0.15, 0.2) is 0 Å². The maximum atomic E-state index is 11.5. The van der Waals surface area contributed by atoms with E-state index in [1.807, 2.05) is 19.1 Å². The van der Waals surface area contributed by atoms with E-state index in [0.717, 1.165) is 13.0 Å². The van der Waals surface area contributed by atoms with E-state index in [1.165, 1.54) is 11.1 Å². The fourth-order valence-corrected chi connectivity index (χ4v) is 2.16. The molecule has 1 heterocycles. The molecule has 86 valence electrons. The smallest absolute Gasteiger partial charge is 0.307 e. The molecule has 0 fully saturated rings. The van der Waals surface area contributed by atoms with Crippen molar-refractivity contribution in [3.05, 3.63) is 35.4 Å². The molecule has 0 aromatic heterocycles. The van der Waals surface area contributed by atoms with E-state index in [-0.39, 0.29) is 12.0 Å². The first-order valence-corrected chi connectivity index (χ1v) is 5.78. The fraction of sp³-hybridized carbons (Fsp3) is 0.462. The van der Waals surface area contributed by atoms with Crippen molar-refractivity contribution in [2.45, 2.75) is 25.8 Å². The zero-order valence-electron chi connectivity index (χ0n) is 9.53. The number of esters is 1. The summed E-state index contributed by atoms with van der Waals surface area (Å²) < 4.78 is 4.98. The third-order valence-electron chi connectivity index (χ3n) is 2.89. The van der Waals surface area contributed by atoms with Crippen molar-refractivity contribution in [1.29, 1.82) is 0 Å². The lowest BCUT2D eigenvalue weighted by atomic mass is 9.93. The molecule has 0 radical (unpaired) electrons.